The van der Waals surface area contributed by atoms with Gasteiger partial charge < -0.3 is 9.88 Å². The molecule has 0 atom stereocenters. The number of rotatable bonds is 2. The van der Waals surface area contributed by atoms with E-state index in [4.69, 9.17) is 5.41 Å². The van der Waals surface area contributed by atoms with E-state index in [2.05, 4.69) is 4.98 Å². The van der Waals surface area contributed by atoms with Crippen LogP contribution in [-0.4, -0.2) is 15.7 Å². The molecule has 1 aliphatic rings. The largest absolute Gasteiger partial charge is 0.346 e. The third kappa shape index (κ3) is 1.78. The van der Waals surface area contributed by atoms with Gasteiger partial charge in [0.2, 0.25) is 0 Å². The molecule has 1 aliphatic heterocycles. The lowest BCUT2D eigenvalue weighted by Gasteiger charge is -2.16. The average molecular weight is 245 g/mol. The lowest BCUT2D eigenvalue weighted by atomic mass is 10.1. The Bertz CT molecular complexity index is 628. The van der Waals surface area contributed by atoms with Gasteiger partial charge in [0.05, 0.1) is 6.54 Å². The van der Waals surface area contributed by atoms with Crippen molar-refractivity contribution >= 4 is 17.2 Å². The number of hydrogen-bond donors (Lipinski definition) is 2. The highest BCUT2D eigenvalue weighted by Gasteiger charge is 2.23. The zero-order valence-corrected chi connectivity index (χ0v) is 9.88. The Morgan fingerprint density at radius 3 is 2.94 bits per heavy atom. The van der Waals surface area contributed by atoms with Crippen LogP contribution >= 0.6 is 11.3 Å². The third-order valence-corrected chi connectivity index (χ3v) is 3.60. The summed E-state index contributed by atoms with van der Waals surface area (Å²) < 4.78 is 0. The molecular formula is C12H11N3OS. The maximum Gasteiger partial charge on any atom is 0.304 e. The first-order chi connectivity index (χ1) is 8.24. The van der Waals surface area contributed by atoms with Gasteiger partial charge in [-0.15, -0.1) is 0 Å². The molecule has 5 heteroatoms. The van der Waals surface area contributed by atoms with Crippen molar-refractivity contribution in [2.75, 3.05) is 0 Å². The lowest BCUT2D eigenvalue weighted by molar-refractivity contribution is 0.417. The second kappa shape index (κ2) is 3.85. The number of amidine groups is 1. The number of H-pyrrole nitrogens is 1. The van der Waals surface area contributed by atoms with Gasteiger partial charge in [-0.3, -0.25) is 10.2 Å². The predicted octanol–water partition coefficient (Wildman–Crippen LogP) is 1.78. The number of aromatic nitrogens is 1. The van der Waals surface area contributed by atoms with Crippen LogP contribution < -0.4 is 4.87 Å². The van der Waals surface area contributed by atoms with Gasteiger partial charge in [-0.05, 0) is 5.56 Å². The topological polar surface area (TPSA) is 60.0 Å². The maximum atomic E-state index is 11.1. The molecule has 3 rings (SSSR count). The van der Waals surface area contributed by atoms with Crippen molar-refractivity contribution in [1.29, 1.82) is 5.41 Å². The summed E-state index contributed by atoms with van der Waals surface area (Å²) in [7, 11) is 0. The Morgan fingerprint density at radius 2 is 2.24 bits per heavy atom. The first-order valence-corrected chi connectivity index (χ1v) is 6.20. The van der Waals surface area contributed by atoms with Crippen molar-refractivity contribution in [3.63, 3.8) is 0 Å². The molecular weight excluding hydrogens is 234 g/mol. The van der Waals surface area contributed by atoms with Crippen molar-refractivity contribution in [3.05, 3.63) is 56.1 Å². The summed E-state index contributed by atoms with van der Waals surface area (Å²) in [6.07, 6.45) is 0. The fraction of sp³-hybridized carbons (Fsp3) is 0.167. The summed E-state index contributed by atoms with van der Waals surface area (Å²) >= 11 is 1.16. The molecule has 0 aliphatic carbocycles. The Kier molecular flexibility index (Phi) is 2.33. The molecule has 0 radical (unpaired) electrons. The first-order valence-electron chi connectivity index (χ1n) is 5.32. The lowest BCUT2D eigenvalue weighted by Crippen LogP contribution is -2.23. The van der Waals surface area contributed by atoms with E-state index in [-0.39, 0.29) is 4.87 Å². The van der Waals surface area contributed by atoms with Crippen LogP contribution in [0.25, 0.3) is 0 Å². The number of benzene rings is 1. The Morgan fingerprint density at radius 1 is 1.41 bits per heavy atom. The highest BCUT2D eigenvalue weighted by Crippen LogP contribution is 2.23. The van der Waals surface area contributed by atoms with E-state index in [1.165, 1.54) is 5.56 Å². The van der Waals surface area contributed by atoms with E-state index < -0.39 is 0 Å². The number of nitrogens with one attached hydrogen (secondary N) is 2. The van der Waals surface area contributed by atoms with E-state index in [1.54, 1.807) is 0 Å². The van der Waals surface area contributed by atoms with Gasteiger partial charge in [-0.25, -0.2) is 0 Å². The number of nitrogens with zero attached hydrogens (tertiary/aromatic N) is 1. The summed E-state index contributed by atoms with van der Waals surface area (Å²) in [6.45, 7) is 1.33. The maximum absolute atomic E-state index is 11.1. The molecule has 2 heterocycles. The zero-order valence-electron chi connectivity index (χ0n) is 9.06. The van der Waals surface area contributed by atoms with Gasteiger partial charge in [0.1, 0.15) is 5.84 Å². The van der Waals surface area contributed by atoms with Crippen molar-refractivity contribution in [1.82, 2.24) is 9.88 Å². The fourth-order valence-electron chi connectivity index (χ4n) is 2.08. The fourth-order valence-corrected chi connectivity index (χ4v) is 2.65. The van der Waals surface area contributed by atoms with Gasteiger partial charge in [0.25, 0.3) is 0 Å². The minimum atomic E-state index is -0.0387. The monoisotopic (exact) mass is 245 g/mol. The smallest absolute Gasteiger partial charge is 0.304 e. The van der Waals surface area contributed by atoms with Crippen LogP contribution in [0.15, 0.2) is 34.4 Å². The van der Waals surface area contributed by atoms with E-state index in [9.17, 15) is 4.79 Å². The Labute approximate surface area is 102 Å². The van der Waals surface area contributed by atoms with E-state index in [0.29, 0.717) is 12.4 Å². The minimum absolute atomic E-state index is 0.0387. The van der Waals surface area contributed by atoms with Gasteiger partial charge in [-0.1, -0.05) is 35.6 Å². The van der Waals surface area contributed by atoms with Crippen LogP contribution in [0.2, 0.25) is 0 Å². The second-order valence-corrected chi connectivity index (χ2v) is 4.88. The van der Waals surface area contributed by atoms with Gasteiger partial charge in [0.15, 0.2) is 0 Å². The standard InChI is InChI=1S/C12H11N3OS/c13-11-10-4-2-1-3-8(10)5-15(11)6-9-7-17-12(16)14-9/h1-4,7,13H,5-6H2,(H,14,16). The molecule has 0 saturated heterocycles. The SMILES string of the molecule is N=C1c2ccccc2CN1Cc1csc(=O)[nH]1. The third-order valence-electron chi connectivity index (χ3n) is 2.88. The summed E-state index contributed by atoms with van der Waals surface area (Å²) in [6, 6.07) is 7.94. The van der Waals surface area contributed by atoms with Gasteiger partial charge >= 0.3 is 4.87 Å². The Hall–Kier alpha value is -1.88. The first kappa shape index (κ1) is 10.3. The zero-order chi connectivity index (χ0) is 11.8. The molecule has 0 bridgehead atoms. The van der Waals surface area contributed by atoms with Crippen LogP contribution in [0, 0.1) is 5.41 Å². The molecule has 1 aromatic carbocycles. The number of fused-ring (bicyclic) bond motifs is 1. The molecule has 17 heavy (non-hydrogen) atoms. The second-order valence-electron chi connectivity index (χ2n) is 4.04. The van der Waals surface area contributed by atoms with Crippen molar-refractivity contribution in [2.45, 2.75) is 13.1 Å². The van der Waals surface area contributed by atoms with Crippen LogP contribution in [-0.2, 0) is 13.1 Å². The molecule has 0 unspecified atom stereocenters. The van der Waals surface area contributed by atoms with Crippen LogP contribution in [0.4, 0.5) is 0 Å². The van der Waals surface area contributed by atoms with Gasteiger partial charge in [-0.2, -0.15) is 0 Å². The molecule has 0 amide bonds. The van der Waals surface area contributed by atoms with Crippen LogP contribution in [0.3, 0.4) is 0 Å². The van der Waals surface area contributed by atoms with E-state index in [1.807, 2.05) is 34.5 Å². The molecule has 86 valence electrons. The normalized spacial score (nSPS) is 14.1. The highest BCUT2D eigenvalue weighted by atomic mass is 32.1. The van der Waals surface area contributed by atoms with E-state index in [0.717, 1.165) is 29.1 Å². The summed E-state index contributed by atoms with van der Waals surface area (Å²) in [5, 5.41) is 9.90. The van der Waals surface area contributed by atoms with E-state index >= 15 is 0 Å². The van der Waals surface area contributed by atoms with Crippen molar-refractivity contribution < 1.29 is 0 Å². The van der Waals surface area contributed by atoms with Crippen LogP contribution in [0.1, 0.15) is 16.8 Å². The highest BCUT2D eigenvalue weighted by molar-refractivity contribution is 7.07. The van der Waals surface area contributed by atoms with Crippen molar-refractivity contribution in [2.24, 2.45) is 0 Å². The molecule has 2 N–H and O–H groups in total. The Balaban J connectivity index is 1.85. The number of aromatic amines is 1. The number of thiazole rings is 1. The number of hydrogen-bond acceptors (Lipinski definition) is 3. The predicted molar refractivity (Wildman–Crippen MR) is 67.5 cm³/mol. The quantitative estimate of drug-likeness (QED) is 0.847. The van der Waals surface area contributed by atoms with Gasteiger partial charge in [0, 0.05) is 23.2 Å². The van der Waals surface area contributed by atoms with Crippen molar-refractivity contribution in [3.8, 4) is 0 Å². The summed E-state index contributed by atoms with van der Waals surface area (Å²) in [5.74, 6) is 0.535. The molecule has 1 aromatic heterocycles. The summed E-state index contributed by atoms with van der Waals surface area (Å²) in [4.78, 5) is 15.8. The molecule has 0 fully saturated rings. The molecule has 2 aromatic rings. The molecule has 4 nitrogen and oxygen atoms in total. The summed E-state index contributed by atoms with van der Waals surface area (Å²) in [5.41, 5.74) is 3.04. The minimum Gasteiger partial charge on any atom is -0.346 e. The molecule has 0 saturated carbocycles. The van der Waals surface area contributed by atoms with Crippen LogP contribution in [0.5, 0.6) is 0 Å². The molecule has 0 spiro atoms. The average Bonchev–Trinajstić information content (AvgIpc) is 2.86.